The third-order valence-corrected chi connectivity index (χ3v) is 3.98. The molecule has 1 aromatic heterocycles. The van der Waals surface area contributed by atoms with Crippen LogP contribution in [0.3, 0.4) is 0 Å². The average molecular weight is 424 g/mol. The van der Waals surface area contributed by atoms with E-state index in [2.05, 4.69) is 26.0 Å². The van der Waals surface area contributed by atoms with E-state index < -0.39 is 17.2 Å². The maximum Gasteiger partial charge on any atom is 0.342 e. The third-order valence-electron chi connectivity index (χ3n) is 3.98. The lowest BCUT2D eigenvalue weighted by Crippen LogP contribution is -2.31. The minimum absolute atomic E-state index is 0.192. The van der Waals surface area contributed by atoms with E-state index in [0.29, 0.717) is 23.7 Å². The Bertz CT molecular complexity index is 1170. The first-order chi connectivity index (χ1) is 15.1. The first-order valence-electron chi connectivity index (χ1n) is 9.15. The fourth-order valence-electron chi connectivity index (χ4n) is 2.52. The van der Waals surface area contributed by atoms with E-state index in [1.54, 1.807) is 18.2 Å². The SMILES string of the molecule is COc1cccc(/C=N/NC(=O)CNc2n[nH]c(=O)[nH]c2=O)c1OCc1ccccc1. The molecule has 160 valence electrons. The number of amides is 1. The van der Waals surface area contributed by atoms with Crippen molar-refractivity contribution >= 4 is 17.9 Å². The van der Waals surface area contributed by atoms with E-state index in [1.807, 2.05) is 35.3 Å². The molecule has 0 aliphatic carbocycles. The molecule has 0 unspecified atom stereocenters. The quantitative estimate of drug-likeness (QED) is 0.290. The van der Waals surface area contributed by atoms with Gasteiger partial charge < -0.3 is 14.8 Å². The number of H-pyrrole nitrogens is 2. The minimum atomic E-state index is -0.742. The molecule has 0 saturated heterocycles. The van der Waals surface area contributed by atoms with Gasteiger partial charge in [-0.25, -0.2) is 15.3 Å². The number of aromatic amines is 2. The van der Waals surface area contributed by atoms with Crippen molar-refractivity contribution in [1.29, 1.82) is 0 Å². The topological polar surface area (TPSA) is 151 Å². The van der Waals surface area contributed by atoms with E-state index in [9.17, 15) is 14.4 Å². The molecule has 1 heterocycles. The van der Waals surface area contributed by atoms with Crippen molar-refractivity contribution in [2.75, 3.05) is 19.0 Å². The third kappa shape index (κ3) is 6.03. The number of methoxy groups -OCH3 is 1. The molecule has 0 aliphatic heterocycles. The molecule has 2 aromatic carbocycles. The molecule has 0 bridgehead atoms. The second-order valence-corrected chi connectivity index (χ2v) is 6.16. The molecular formula is C20H20N6O5. The molecule has 0 atom stereocenters. The Morgan fingerprint density at radius 1 is 1.16 bits per heavy atom. The van der Waals surface area contributed by atoms with Crippen molar-refractivity contribution in [3.8, 4) is 11.5 Å². The molecule has 11 nitrogen and oxygen atoms in total. The molecule has 11 heteroatoms. The number of nitrogens with one attached hydrogen (secondary N) is 4. The Kier molecular flexibility index (Phi) is 7.14. The van der Waals surface area contributed by atoms with Crippen molar-refractivity contribution in [3.05, 3.63) is 80.5 Å². The molecule has 3 aromatic rings. The predicted octanol–water partition coefficient (Wildman–Crippen LogP) is 0.608. The second-order valence-electron chi connectivity index (χ2n) is 6.16. The molecule has 1 amide bonds. The number of ether oxygens (including phenoxy) is 2. The van der Waals surface area contributed by atoms with E-state index in [0.717, 1.165) is 5.56 Å². The average Bonchev–Trinajstić information content (AvgIpc) is 2.78. The second kappa shape index (κ2) is 10.4. The van der Waals surface area contributed by atoms with Crippen LogP contribution in [0.4, 0.5) is 5.82 Å². The van der Waals surface area contributed by atoms with Crippen LogP contribution in [0.2, 0.25) is 0 Å². The van der Waals surface area contributed by atoms with Gasteiger partial charge in [-0.15, -0.1) is 5.10 Å². The minimum Gasteiger partial charge on any atom is -0.493 e. The molecule has 3 rings (SSSR count). The number of aromatic nitrogens is 3. The molecule has 0 spiro atoms. The molecule has 0 saturated carbocycles. The zero-order valence-electron chi connectivity index (χ0n) is 16.5. The molecule has 4 N–H and O–H groups in total. The van der Waals surface area contributed by atoms with E-state index >= 15 is 0 Å². The number of carbonyl (C=O) groups is 1. The number of anilines is 1. The summed E-state index contributed by atoms with van der Waals surface area (Å²) >= 11 is 0. The zero-order chi connectivity index (χ0) is 22.1. The Hall–Kier alpha value is -4.41. The molecular weight excluding hydrogens is 404 g/mol. The van der Waals surface area contributed by atoms with Gasteiger partial charge in [0.05, 0.1) is 19.9 Å². The predicted molar refractivity (Wildman–Crippen MR) is 113 cm³/mol. The Morgan fingerprint density at radius 2 is 1.97 bits per heavy atom. The van der Waals surface area contributed by atoms with E-state index in [-0.39, 0.29) is 12.4 Å². The van der Waals surface area contributed by atoms with E-state index in [1.165, 1.54) is 13.3 Å². The number of rotatable bonds is 9. The number of hydrogen-bond acceptors (Lipinski definition) is 8. The maximum absolute atomic E-state index is 11.9. The maximum atomic E-state index is 11.9. The fourth-order valence-corrected chi connectivity index (χ4v) is 2.52. The number of carbonyl (C=O) groups excluding carboxylic acids is 1. The van der Waals surface area contributed by atoms with Crippen LogP contribution in [0.1, 0.15) is 11.1 Å². The Morgan fingerprint density at radius 3 is 2.71 bits per heavy atom. The van der Waals surface area contributed by atoms with Gasteiger partial charge >= 0.3 is 5.69 Å². The lowest BCUT2D eigenvalue weighted by molar-refractivity contribution is -0.119. The Labute approximate surface area is 176 Å². The lowest BCUT2D eigenvalue weighted by atomic mass is 10.2. The fraction of sp³-hybridized carbons (Fsp3) is 0.150. The largest absolute Gasteiger partial charge is 0.493 e. The lowest BCUT2D eigenvalue weighted by Gasteiger charge is -2.13. The highest BCUT2D eigenvalue weighted by molar-refractivity contribution is 5.87. The Balaban J connectivity index is 1.62. The van der Waals surface area contributed by atoms with Crippen molar-refractivity contribution in [2.45, 2.75) is 6.61 Å². The summed E-state index contributed by atoms with van der Waals surface area (Å²) in [5, 5.41) is 12.0. The van der Waals surface area contributed by atoms with Crippen molar-refractivity contribution in [3.63, 3.8) is 0 Å². The number of nitrogens with zero attached hydrogens (tertiary/aromatic N) is 2. The highest BCUT2D eigenvalue weighted by Gasteiger charge is 2.10. The summed E-state index contributed by atoms with van der Waals surface area (Å²) in [5.74, 6) is 0.284. The first kappa shape index (κ1) is 21.3. The number of para-hydroxylation sites is 1. The van der Waals surface area contributed by atoms with Gasteiger partial charge in [0.1, 0.15) is 6.61 Å². The molecule has 0 radical (unpaired) electrons. The van der Waals surface area contributed by atoms with Gasteiger partial charge in [-0.3, -0.25) is 14.6 Å². The van der Waals surface area contributed by atoms with Crippen molar-refractivity contribution < 1.29 is 14.3 Å². The molecule has 31 heavy (non-hydrogen) atoms. The molecule has 0 fully saturated rings. The van der Waals surface area contributed by atoms with Gasteiger partial charge in [0.25, 0.3) is 11.5 Å². The van der Waals surface area contributed by atoms with Crippen molar-refractivity contribution in [2.24, 2.45) is 5.10 Å². The summed E-state index contributed by atoms with van der Waals surface area (Å²) in [6, 6.07) is 14.9. The summed E-state index contributed by atoms with van der Waals surface area (Å²) in [6.45, 7) is 0.0496. The first-order valence-corrected chi connectivity index (χ1v) is 9.15. The van der Waals surface area contributed by atoms with Crippen LogP contribution in [-0.4, -0.2) is 41.0 Å². The monoisotopic (exact) mass is 424 g/mol. The van der Waals surface area contributed by atoms with Crippen LogP contribution in [0.15, 0.2) is 63.2 Å². The van der Waals surface area contributed by atoms with Gasteiger partial charge in [0, 0.05) is 5.56 Å². The summed E-state index contributed by atoms with van der Waals surface area (Å²) in [6.07, 6.45) is 1.42. The van der Waals surface area contributed by atoms with Crippen molar-refractivity contribution in [1.82, 2.24) is 20.6 Å². The van der Waals surface area contributed by atoms with Gasteiger partial charge in [0.15, 0.2) is 11.5 Å². The van der Waals surface area contributed by atoms with E-state index in [4.69, 9.17) is 9.47 Å². The van der Waals surface area contributed by atoms with Gasteiger partial charge in [-0.2, -0.15) is 5.10 Å². The van der Waals surface area contributed by atoms with Gasteiger partial charge in [-0.05, 0) is 17.7 Å². The van der Waals surface area contributed by atoms with Crippen LogP contribution in [0, 0.1) is 0 Å². The van der Waals surface area contributed by atoms with Gasteiger partial charge in [0.2, 0.25) is 5.82 Å². The smallest absolute Gasteiger partial charge is 0.342 e. The van der Waals surface area contributed by atoms with Gasteiger partial charge in [-0.1, -0.05) is 36.4 Å². The highest BCUT2D eigenvalue weighted by atomic mass is 16.5. The summed E-state index contributed by atoms with van der Waals surface area (Å²) in [5.41, 5.74) is 2.44. The standard InChI is InChI=1S/C20H20N6O5/c1-30-15-9-5-8-14(17(15)31-12-13-6-3-2-4-7-13)10-22-24-16(27)11-21-18-19(28)23-20(29)26-25-18/h2-10H,11-12H2,1H3,(H,21,25)(H,24,27)(H2,23,26,28,29)/b22-10+. The van der Waals surface area contributed by atoms with Crippen LogP contribution in [0.5, 0.6) is 11.5 Å². The van der Waals surface area contributed by atoms with Crippen LogP contribution >= 0.6 is 0 Å². The number of hydrazone groups is 1. The summed E-state index contributed by atoms with van der Waals surface area (Å²) in [7, 11) is 1.53. The normalized spacial score (nSPS) is 10.6. The summed E-state index contributed by atoms with van der Waals surface area (Å²) in [4.78, 5) is 36.4. The zero-order valence-corrected chi connectivity index (χ0v) is 16.5. The number of benzene rings is 2. The summed E-state index contributed by atoms with van der Waals surface area (Å²) < 4.78 is 11.3. The van der Waals surface area contributed by atoms with Crippen LogP contribution in [0.25, 0.3) is 0 Å². The van der Waals surface area contributed by atoms with Crippen LogP contribution < -0.4 is 31.5 Å². The molecule has 0 aliphatic rings. The van der Waals surface area contributed by atoms with Crippen LogP contribution in [-0.2, 0) is 11.4 Å². The number of hydrogen-bond donors (Lipinski definition) is 4. The highest BCUT2D eigenvalue weighted by Crippen LogP contribution is 2.30.